The number of halogens is 3. The summed E-state index contributed by atoms with van der Waals surface area (Å²) in [6.07, 6.45) is 3.42. The van der Waals surface area contributed by atoms with Gasteiger partial charge in [0.25, 0.3) is 11.9 Å². The van der Waals surface area contributed by atoms with E-state index in [0.717, 1.165) is 12.5 Å². The van der Waals surface area contributed by atoms with Gasteiger partial charge in [-0.15, -0.1) is 12.4 Å². The van der Waals surface area contributed by atoms with Crippen LogP contribution >= 0.6 is 12.4 Å². The molecule has 2 aliphatic heterocycles. The topological polar surface area (TPSA) is 121 Å². The molecular formula is C20H22ClF2N5O4. The average Bonchev–Trinajstić information content (AvgIpc) is 3.11. The number of alkyl halides is 1. The Balaban J connectivity index is 0.00000289. The maximum Gasteiger partial charge on any atom is 0.283 e. The number of aliphatic imine (C=N–C) groups is 1. The first kappa shape index (κ1) is 23.6. The van der Waals surface area contributed by atoms with Crippen LogP contribution in [0.5, 0.6) is 5.88 Å². The Bertz CT molecular complexity index is 1030. The molecule has 32 heavy (non-hydrogen) atoms. The zero-order valence-electron chi connectivity index (χ0n) is 17.1. The van der Waals surface area contributed by atoms with Crippen LogP contribution in [-0.4, -0.2) is 54.0 Å². The van der Waals surface area contributed by atoms with Gasteiger partial charge in [0.1, 0.15) is 18.1 Å². The second-order valence-corrected chi connectivity index (χ2v) is 7.29. The number of hydrogen-bond donors (Lipinski definition) is 2. The maximum atomic E-state index is 15.5. The summed E-state index contributed by atoms with van der Waals surface area (Å²) < 4.78 is 46.0. The molecule has 172 valence electrons. The molecule has 1 amide bonds. The lowest BCUT2D eigenvalue weighted by Crippen LogP contribution is -2.55. The zero-order valence-corrected chi connectivity index (χ0v) is 18.0. The van der Waals surface area contributed by atoms with Gasteiger partial charge >= 0.3 is 0 Å². The van der Waals surface area contributed by atoms with Crippen LogP contribution in [0.3, 0.4) is 0 Å². The van der Waals surface area contributed by atoms with Crippen molar-refractivity contribution in [2.45, 2.75) is 24.6 Å². The summed E-state index contributed by atoms with van der Waals surface area (Å²) in [6.45, 7) is 1.49. The van der Waals surface area contributed by atoms with Crippen LogP contribution in [0.15, 0.2) is 35.6 Å². The van der Waals surface area contributed by atoms with E-state index in [1.165, 1.54) is 24.5 Å². The number of anilines is 1. The number of nitrogens with two attached hydrogens (primary N) is 1. The molecular weight excluding hydrogens is 448 g/mol. The van der Waals surface area contributed by atoms with Crippen molar-refractivity contribution in [3.63, 3.8) is 0 Å². The highest BCUT2D eigenvalue weighted by Gasteiger charge is 2.62. The van der Waals surface area contributed by atoms with Crippen LogP contribution in [0.1, 0.15) is 29.4 Å². The highest BCUT2D eigenvalue weighted by molar-refractivity contribution is 6.02. The van der Waals surface area contributed by atoms with E-state index in [2.05, 4.69) is 20.3 Å². The van der Waals surface area contributed by atoms with E-state index in [9.17, 15) is 9.18 Å². The largest absolute Gasteiger partial charge is 0.477 e. The summed E-state index contributed by atoms with van der Waals surface area (Å²) in [5.74, 6) is -0.980. The Hall–Kier alpha value is -3.05. The summed E-state index contributed by atoms with van der Waals surface area (Å²) in [5.41, 5.74) is 2.00. The first-order valence-electron chi connectivity index (χ1n) is 9.68. The third kappa shape index (κ3) is 4.17. The van der Waals surface area contributed by atoms with Crippen molar-refractivity contribution >= 4 is 30.0 Å². The number of nitrogens with zero attached hydrogens (tertiary/aromatic N) is 3. The number of carbonyl (C=O) groups is 1. The minimum Gasteiger partial charge on any atom is -0.477 e. The quantitative estimate of drug-likeness (QED) is 0.666. The molecule has 4 rings (SSSR count). The Labute approximate surface area is 188 Å². The lowest BCUT2D eigenvalue weighted by molar-refractivity contribution is 0.00905. The Morgan fingerprint density at radius 2 is 2.09 bits per heavy atom. The summed E-state index contributed by atoms with van der Waals surface area (Å²) >= 11 is 0. The van der Waals surface area contributed by atoms with Crippen molar-refractivity contribution in [3.05, 3.63) is 47.7 Å². The number of aromatic nitrogens is 2. The van der Waals surface area contributed by atoms with Crippen LogP contribution in [-0.2, 0) is 15.0 Å². The van der Waals surface area contributed by atoms with Gasteiger partial charge in [0, 0.05) is 11.3 Å². The lowest BCUT2D eigenvalue weighted by atomic mass is 9.78. The second-order valence-electron chi connectivity index (χ2n) is 7.29. The molecule has 0 saturated carbocycles. The summed E-state index contributed by atoms with van der Waals surface area (Å²) in [5, 5.41) is 2.60. The fourth-order valence-corrected chi connectivity index (χ4v) is 3.52. The number of ether oxygens (including phenoxy) is 3. The van der Waals surface area contributed by atoms with E-state index in [1.54, 1.807) is 0 Å². The Kier molecular flexibility index (Phi) is 6.79. The first-order valence-corrected chi connectivity index (χ1v) is 9.68. The average molecular weight is 470 g/mol. The third-order valence-corrected chi connectivity index (χ3v) is 5.12. The minimum absolute atomic E-state index is 0. The number of rotatable bonds is 6. The SMILES string of the molecule is CCCOc1cnc(C(=O)Nc2ccc(F)c(C34COCC3(F)COC(N)=N4)c2)cn1.Cl. The van der Waals surface area contributed by atoms with E-state index in [-0.39, 0.29) is 48.6 Å². The van der Waals surface area contributed by atoms with Crippen molar-refractivity contribution in [2.75, 3.05) is 31.7 Å². The Morgan fingerprint density at radius 1 is 1.28 bits per heavy atom. The van der Waals surface area contributed by atoms with Crippen molar-refractivity contribution in [1.29, 1.82) is 0 Å². The molecule has 2 aliphatic rings. The van der Waals surface area contributed by atoms with Crippen LogP contribution in [0.4, 0.5) is 14.5 Å². The van der Waals surface area contributed by atoms with E-state index in [0.29, 0.717) is 12.5 Å². The third-order valence-electron chi connectivity index (χ3n) is 5.12. The fourth-order valence-electron chi connectivity index (χ4n) is 3.52. The van der Waals surface area contributed by atoms with Crippen LogP contribution in [0.2, 0.25) is 0 Å². The van der Waals surface area contributed by atoms with E-state index >= 15 is 4.39 Å². The number of fused-ring (bicyclic) bond motifs is 1. The van der Waals surface area contributed by atoms with Crippen LogP contribution in [0.25, 0.3) is 0 Å². The monoisotopic (exact) mass is 469 g/mol. The summed E-state index contributed by atoms with van der Waals surface area (Å²) in [7, 11) is 0. The first-order chi connectivity index (χ1) is 14.9. The van der Waals surface area contributed by atoms with Gasteiger partial charge in [-0.25, -0.2) is 23.7 Å². The lowest BCUT2D eigenvalue weighted by Gasteiger charge is -2.38. The van der Waals surface area contributed by atoms with Crippen molar-refractivity contribution in [2.24, 2.45) is 10.7 Å². The van der Waals surface area contributed by atoms with Gasteiger partial charge in [-0.1, -0.05) is 6.92 Å². The van der Waals surface area contributed by atoms with E-state index in [1.807, 2.05) is 6.92 Å². The number of carbonyl (C=O) groups excluding carboxylic acids is 1. The summed E-state index contributed by atoms with van der Waals surface area (Å²) in [6, 6.07) is 3.52. The minimum atomic E-state index is -2.10. The predicted molar refractivity (Wildman–Crippen MR) is 113 cm³/mol. The molecule has 0 bridgehead atoms. The molecule has 0 aliphatic carbocycles. The molecule has 0 spiro atoms. The number of hydrogen-bond acceptors (Lipinski definition) is 8. The smallest absolute Gasteiger partial charge is 0.283 e. The molecule has 2 aromatic rings. The van der Waals surface area contributed by atoms with Gasteiger partial charge in [-0.2, -0.15) is 0 Å². The molecule has 3 heterocycles. The molecule has 9 nitrogen and oxygen atoms in total. The van der Waals surface area contributed by atoms with Crippen molar-refractivity contribution < 1.29 is 27.8 Å². The summed E-state index contributed by atoms with van der Waals surface area (Å²) in [4.78, 5) is 24.7. The van der Waals surface area contributed by atoms with Gasteiger partial charge in [0.2, 0.25) is 5.88 Å². The number of amides is 1. The molecule has 12 heteroatoms. The molecule has 2 atom stereocenters. The second kappa shape index (κ2) is 9.21. The van der Waals surface area contributed by atoms with Gasteiger partial charge in [0.05, 0.1) is 32.2 Å². The molecule has 1 aromatic heterocycles. The van der Waals surface area contributed by atoms with E-state index in [4.69, 9.17) is 19.9 Å². The molecule has 1 aromatic carbocycles. The maximum absolute atomic E-state index is 15.5. The van der Waals surface area contributed by atoms with Gasteiger partial charge < -0.3 is 25.3 Å². The van der Waals surface area contributed by atoms with Crippen LogP contribution < -0.4 is 15.8 Å². The van der Waals surface area contributed by atoms with Gasteiger partial charge in [-0.3, -0.25) is 4.79 Å². The number of nitrogens with one attached hydrogen (secondary N) is 1. The van der Waals surface area contributed by atoms with Crippen molar-refractivity contribution in [1.82, 2.24) is 9.97 Å². The Morgan fingerprint density at radius 3 is 2.81 bits per heavy atom. The van der Waals surface area contributed by atoms with Gasteiger partial charge in [0.15, 0.2) is 11.2 Å². The molecule has 2 unspecified atom stereocenters. The highest BCUT2D eigenvalue weighted by atomic mass is 35.5. The van der Waals surface area contributed by atoms with Crippen LogP contribution in [0, 0.1) is 5.82 Å². The standard InChI is InChI=1S/C20H21F2N5O4.ClH/c1-2-5-30-16-8-24-15(7-25-16)17(28)26-12-3-4-14(21)13(6-12)20-11-29-9-19(20,22)10-31-18(23)27-20;/h3-4,6-8H,2,5,9-11H2,1H3,(H2,23,27)(H,26,28);1H. The molecule has 1 saturated heterocycles. The van der Waals surface area contributed by atoms with Gasteiger partial charge in [-0.05, 0) is 24.6 Å². The molecule has 0 radical (unpaired) electrons. The van der Waals surface area contributed by atoms with Crippen molar-refractivity contribution in [3.8, 4) is 5.88 Å². The fraction of sp³-hybridized carbons (Fsp3) is 0.400. The number of benzene rings is 1. The normalized spacial score (nSPS) is 23.9. The molecule has 1 fully saturated rings. The zero-order chi connectivity index (χ0) is 22.1. The predicted octanol–water partition coefficient (Wildman–Crippen LogP) is 2.36. The van der Waals surface area contributed by atoms with E-state index < -0.39 is 29.5 Å². The highest BCUT2D eigenvalue weighted by Crippen LogP contribution is 2.48. The number of amidine groups is 1. The molecule has 3 N–H and O–H groups in total.